The van der Waals surface area contributed by atoms with E-state index in [1.165, 1.54) is 17.7 Å². The van der Waals surface area contributed by atoms with Gasteiger partial charge < -0.3 is 9.64 Å². The summed E-state index contributed by atoms with van der Waals surface area (Å²) in [7, 11) is 1.80. The van der Waals surface area contributed by atoms with E-state index in [9.17, 15) is 0 Å². The minimum atomic E-state index is 0.265. The monoisotopic (exact) mass is 261 g/mol. The van der Waals surface area contributed by atoms with E-state index >= 15 is 0 Å². The Morgan fingerprint density at radius 1 is 1.32 bits per heavy atom. The maximum absolute atomic E-state index is 5.35. The van der Waals surface area contributed by atoms with E-state index in [-0.39, 0.29) is 5.41 Å². The molecule has 2 aliphatic rings. The molecular formula is C17H27NO. The molecule has 0 aromatic rings. The summed E-state index contributed by atoms with van der Waals surface area (Å²) in [4.78, 5) is 2.56. The standard InChI is InChI=1S/C17H27NO/c1-5-17(11-12-19-4)13-18(14(2)3)16-10-8-6-7-9-15(16)17/h7-10,14H,5-6,11-13H2,1-4H3. The van der Waals surface area contributed by atoms with Crippen molar-refractivity contribution in [1.82, 2.24) is 4.90 Å². The third-order valence-electron chi connectivity index (χ3n) is 4.55. The van der Waals surface area contributed by atoms with Gasteiger partial charge in [0.1, 0.15) is 0 Å². The fraction of sp³-hybridized carbons (Fsp3) is 0.647. The highest BCUT2D eigenvalue weighted by Gasteiger charge is 2.42. The lowest BCUT2D eigenvalue weighted by atomic mass is 9.76. The largest absolute Gasteiger partial charge is 0.385 e. The van der Waals surface area contributed by atoms with Crippen LogP contribution < -0.4 is 0 Å². The first-order valence-corrected chi connectivity index (χ1v) is 7.48. The van der Waals surface area contributed by atoms with Gasteiger partial charge in [-0.25, -0.2) is 0 Å². The van der Waals surface area contributed by atoms with Gasteiger partial charge in [-0.05, 0) is 44.8 Å². The second kappa shape index (κ2) is 5.96. The summed E-state index contributed by atoms with van der Waals surface area (Å²) < 4.78 is 5.35. The highest BCUT2D eigenvalue weighted by atomic mass is 16.5. The number of nitrogens with zero attached hydrogens (tertiary/aromatic N) is 1. The van der Waals surface area contributed by atoms with Crippen molar-refractivity contribution in [1.29, 1.82) is 0 Å². The van der Waals surface area contributed by atoms with Gasteiger partial charge in [0.15, 0.2) is 0 Å². The van der Waals surface area contributed by atoms with Crippen LogP contribution in [0.15, 0.2) is 35.6 Å². The first-order valence-electron chi connectivity index (χ1n) is 7.48. The van der Waals surface area contributed by atoms with Crippen LogP contribution in [0.4, 0.5) is 0 Å². The molecule has 1 aliphatic heterocycles. The van der Waals surface area contributed by atoms with Crippen LogP contribution in [0.25, 0.3) is 0 Å². The maximum atomic E-state index is 5.35. The SMILES string of the molecule is CCC1(CCOC)CN(C(C)C)C2=C1C=CCC=C2. The number of methoxy groups -OCH3 is 1. The molecule has 0 amide bonds. The van der Waals surface area contributed by atoms with E-state index in [1.807, 2.05) is 0 Å². The average Bonchev–Trinajstić information content (AvgIpc) is 2.56. The molecule has 106 valence electrons. The molecule has 19 heavy (non-hydrogen) atoms. The van der Waals surface area contributed by atoms with Crippen LogP contribution in [0.2, 0.25) is 0 Å². The second-order valence-corrected chi connectivity index (χ2v) is 5.94. The summed E-state index contributed by atoms with van der Waals surface area (Å²) in [6, 6.07) is 0.553. The molecule has 0 bridgehead atoms. The molecule has 2 nitrogen and oxygen atoms in total. The topological polar surface area (TPSA) is 12.5 Å². The van der Waals surface area contributed by atoms with Gasteiger partial charge in [0.2, 0.25) is 0 Å². The summed E-state index contributed by atoms with van der Waals surface area (Å²) in [5.74, 6) is 0. The quantitative estimate of drug-likeness (QED) is 0.744. The van der Waals surface area contributed by atoms with Crippen molar-refractivity contribution in [2.75, 3.05) is 20.3 Å². The average molecular weight is 261 g/mol. The molecule has 0 aromatic carbocycles. The Hall–Kier alpha value is -1.02. The Kier molecular flexibility index (Phi) is 4.51. The Morgan fingerprint density at radius 3 is 2.68 bits per heavy atom. The van der Waals surface area contributed by atoms with Gasteiger partial charge in [-0.1, -0.05) is 25.2 Å². The van der Waals surface area contributed by atoms with Gasteiger partial charge in [-0.15, -0.1) is 0 Å². The lowest BCUT2D eigenvalue weighted by Gasteiger charge is -2.33. The maximum Gasteiger partial charge on any atom is 0.0471 e. The second-order valence-electron chi connectivity index (χ2n) is 5.94. The van der Waals surface area contributed by atoms with Crippen molar-refractivity contribution < 1.29 is 4.74 Å². The first kappa shape index (κ1) is 14.4. The Labute approximate surface area is 117 Å². The number of hydrogen-bond acceptors (Lipinski definition) is 2. The van der Waals surface area contributed by atoms with Crippen molar-refractivity contribution in [2.45, 2.75) is 46.1 Å². The van der Waals surface area contributed by atoms with E-state index in [4.69, 9.17) is 4.74 Å². The van der Waals surface area contributed by atoms with Crippen molar-refractivity contribution in [3.63, 3.8) is 0 Å². The van der Waals surface area contributed by atoms with E-state index < -0.39 is 0 Å². The van der Waals surface area contributed by atoms with E-state index in [0.717, 1.165) is 26.0 Å². The molecule has 0 fully saturated rings. The number of ether oxygens (including phenoxy) is 1. The van der Waals surface area contributed by atoms with Crippen molar-refractivity contribution in [2.24, 2.45) is 5.41 Å². The van der Waals surface area contributed by atoms with Crippen LogP contribution >= 0.6 is 0 Å². The molecule has 2 heteroatoms. The minimum Gasteiger partial charge on any atom is -0.385 e. The van der Waals surface area contributed by atoms with Gasteiger partial charge in [0.05, 0.1) is 0 Å². The van der Waals surface area contributed by atoms with Gasteiger partial charge in [-0.2, -0.15) is 0 Å². The molecular weight excluding hydrogens is 234 g/mol. The number of rotatable bonds is 5. The predicted molar refractivity (Wildman–Crippen MR) is 81.0 cm³/mol. The van der Waals surface area contributed by atoms with Crippen LogP contribution in [0.1, 0.15) is 40.0 Å². The minimum absolute atomic E-state index is 0.265. The fourth-order valence-electron chi connectivity index (χ4n) is 3.27. The summed E-state index contributed by atoms with van der Waals surface area (Å²) in [6.07, 6.45) is 12.6. The summed E-state index contributed by atoms with van der Waals surface area (Å²) in [5.41, 5.74) is 3.22. The molecule has 0 aromatic heterocycles. The van der Waals surface area contributed by atoms with Crippen LogP contribution in [0, 0.1) is 5.41 Å². The van der Waals surface area contributed by atoms with Gasteiger partial charge in [0.25, 0.3) is 0 Å². The number of hydrogen-bond donors (Lipinski definition) is 0. The highest BCUT2D eigenvalue weighted by Crippen LogP contribution is 2.46. The predicted octanol–water partition coefficient (Wildman–Crippen LogP) is 3.91. The van der Waals surface area contributed by atoms with Gasteiger partial charge in [-0.3, -0.25) is 0 Å². The zero-order chi connectivity index (χ0) is 13.9. The fourth-order valence-corrected chi connectivity index (χ4v) is 3.27. The van der Waals surface area contributed by atoms with E-state index in [2.05, 4.69) is 50.0 Å². The van der Waals surface area contributed by atoms with E-state index in [1.54, 1.807) is 7.11 Å². The lowest BCUT2D eigenvalue weighted by Crippen LogP contribution is -2.34. The van der Waals surface area contributed by atoms with E-state index in [0.29, 0.717) is 6.04 Å². The Bertz CT molecular complexity index is 405. The van der Waals surface area contributed by atoms with Gasteiger partial charge >= 0.3 is 0 Å². The van der Waals surface area contributed by atoms with Crippen LogP contribution in [-0.2, 0) is 4.74 Å². The summed E-state index contributed by atoms with van der Waals surface area (Å²) in [6.45, 7) is 8.86. The normalized spacial score (nSPS) is 26.3. The van der Waals surface area contributed by atoms with Crippen LogP contribution in [0.5, 0.6) is 0 Å². The molecule has 1 atom stereocenters. The van der Waals surface area contributed by atoms with Crippen molar-refractivity contribution in [3.05, 3.63) is 35.6 Å². The molecule has 0 spiro atoms. The third kappa shape index (κ3) is 2.64. The lowest BCUT2D eigenvalue weighted by molar-refractivity contribution is 0.136. The Balaban J connectivity index is 2.40. The molecule has 2 rings (SSSR count). The zero-order valence-corrected chi connectivity index (χ0v) is 12.8. The van der Waals surface area contributed by atoms with Crippen LogP contribution in [-0.4, -0.2) is 31.2 Å². The number of allylic oxidation sites excluding steroid dienone is 4. The molecule has 1 heterocycles. The van der Waals surface area contributed by atoms with Crippen molar-refractivity contribution >= 4 is 0 Å². The molecule has 0 N–H and O–H groups in total. The van der Waals surface area contributed by atoms with Crippen molar-refractivity contribution in [3.8, 4) is 0 Å². The summed E-state index contributed by atoms with van der Waals surface area (Å²) >= 11 is 0. The summed E-state index contributed by atoms with van der Waals surface area (Å²) in [5, 5.41) is 0. The van der Waals surface area contributed by atoms with Gasteiger partial charge in [0, 0.05) is 37.4 Å². The molecule has 1 aliphatic carbocycles. The van der Waals surface area contributed by atoms with Crippen LogP contribution in [0.3, 0.4) is 0 Å². The first-order chi connectivity index (χ1) is 9.14. The molecule has 0 saturated carbocycles. The molecule has 0 radical (unpaired) electrons. The highest BCUT2D eigenvalue weighted by molar-refractivity contribution is 5.44. The molecule has 0 saturated heterocycles. The molecule has 1 unspecified atom stereocenters. The zero-order valence-electron chi connectivity index (χ0n) is 12.8. The third-order valence-corrected chi connectivity index (χ3v) is 4.55. The smallest absolute Gasteiger partial charge is 0.0471 e. The Morgan fingerprint density at radius 2 is 2.05 bits per heavy atom.